The van der Waals surface area contributed by atoms with E-state index in [0.717, 1.165) is 23.7 Å². The van der Waals surface area contributed by atoms with Crippen LogP contribution in [0.2, 0.25) is 0 Å². The number of amides is 2. The normalized spacial score (nSPS) is 17.7. The summed E-state index contributed by atoms with van der Waals surface area (Å²) in [5, 5.41) is 3.81. The largest absolute Gasteiger partial charge is 0.355 e. The van der Waals surface area contributed by atoms with E-state index < -0.39 is 0 Å². The van der Waals surface area contributed by atoms with Crippen LogP contribution < -0.4 is 11.1 Å². The molecule has 2 amide bonds. The van der Waals surface area contributed by atoms with Crippen molar-refractivity contribution in [2.45, 2.75) is 12.8 Å². The van der Waals surface area contributed by atoms with Gasteiger partial charge >= 0.3 is 0 Å². The predicted molar refractivity (Wildman–Crippen MR) is 92.4 cm³/mol. The number of nitrogens with zero attached hydrogens (tertiary/aromatic N) is 2. The van der Waals surface area contributed by atoms with E-state index in [0.29, 0.717) is 31.9 Å². The molecule has 0 aliphatic carbocycles. The molecular formula is C18H22N4O2. The Labute approximate surface area is 141 Å². The Morgan fingerprint density at radius 3 is 2.92 bits per heavy atom. The molecule has 0 radical (unpaired) electrons. The molecule has 3 N–H and O–H groups in total. The van der Waals surface area contributed by atoms with Gasteiger partial charge in [-0.25, -0.2) is 4.98 Å². The molecule has 1 saturated heterocycles. The van der Waals surface area contributed by atoms with Crippen LogP contribution in [0, 0.1) is 5.92 Å². The lowest BCUT2D eigenvalue weighted by Gasteiger charge is -2.31. The molecule has 1 unspecified atom stereocenters. The number of hydrogen-bond donors (Lipinski definition) is 2. The van der Waals surface area contributed by atoms with Crippen LogP contribution in [0.4, 0.5) is 0 Å². The second-order valence-electron chi connectivity index (χ2n) is 6.06. The molecule has 2 aromatic rings. The number of carbonyl (C=O) groups is 2. The number of benzene rings is 1. The average molecular weight is 326 g/mol. The van der Waals surface area contributed by atoms with Gasteiger partial charge < -0.3 is 16.0 Å². The molecule has 3 rings (SSSR count). The van der Waals surface area contributed by atoms with E-state index in [9.17, 15) is 9.59 Å². The SMILES string of the molecule is NCCNC(=O)C1CCCN(C(=O)c2ccc3ccccc3n2)C1. The van der Waals surface area contributed by atoms with E-state index >= 15 is 0 Å². The molecule has 1 aliphatic rings. The number of aromatic nitrogens is 1. The van der Waals surface area contributed by atoms with Crippen LogP contribution in [0.3, 0.4) is 0 Å². The summed E-state index contributed by atoms with van der Waals surface area (Å²) in [4.78, 5) is 31.0. The lowest BCUT2D eigenvalue weighted by atomic mass is 9.96. The van der Waals surface area contributed by atoms with Gasteiger partial charge in [-0.3, -0.25) is 9.59 Å². The predicted octanol–water partition coefficient (Wildman–Crippen LogP) is 1.16. The van der Waals surface area contributed by atoms with Gasteiger partial charge in [0.05, 0.1) is 11.4 Å². The number of pyridine rings is 1. The van der Waals surface area contributed by atoms with Gasteiger partial charge in [-0.2, -0.15) is 0 Å². The zero-order valence-electron chi connectivity index (χ0n) is 13.6. The minimum Gasteiger partial charge on any atom is -0.355 e. The first-order valence-corrected chi connectivity index (χ1v) is 8.32. The van der Waals surface area contributed by atoms with Gasteiger partial charge in [0.2, 0.25) is 5.91 Å². The van der Waals surface area contributed by atoms with Crippen LogP contribution in [-0.2, 0) is 4.79 Å². The summed E-state index contributed by atoms with van der Waals surface area (Å²) in [6.07, 6.45) is 1.62. The van der Waals surface area contributed by atoms with Crippen molar-refractivity contribution < 1.29 is 9.59 Å². The lowest BCUT2D eigenvalue weighted by Crippen LogP contribution is -2.46. The minimum atomic E-state index is -0.172. The zero-order chi connectivity index (χ0) is 16.9. The second kappa shape index (κ2) is 7.40. The third-order valence-electron chi connectivity index (χ3n) is 4.34. The Morgan fingerprint density at radius 2 is 2.08 bits per heavy atom. The highest BCUT2D eigenvalue weighted by Crippen LogP contribution is 2.19. The fourth-order valence-electron chi connectivity index (χ4n) is 3.06. The van der Waals surface area contributed by atoms with Gasteiger partial charge in [0.15, 0.2) is 0 Å². The molecule has 1 aromatic heterocycles. The summed E-state index contributed by atoms with van der Waals surface area (Å²) in [5.41, 5.74) is 6.65. The number of fused-ring (bicyclic) bond motifs is 1. The molecular weight excluding hydrogens is 304 g/mol. The lowest BCUT2D eigenvalue weighted by molar-refractivity contribution is -0.126. The van der Waals surface area contributed by atoms with E-state index in [-0.39, 0.29) is 17.7 Å². The van der Waals surface area contributed by atoms with Crippen molar-refractivity contribution in [3.8, 4) is 0 Å². The summed E-state index contributed by atoms with van der Waals surface area (Å²) in [6, 6.07) is 11.4. The molecule has 6 heteroatoms. The van der Waals surface area contributed by atoms with E-state index in [1.54, 1.807) is 11.0 Å². The van der Waals surface area contributed by atoms with Gasteiger partial charge in [-0.15, -0.1) is 0 Å². The first-order valence-electron chi connectivity index (χ1n) is 8.32. The molecule has 0 bridgehead atoms. The first-order chi connectivity index (χ1) is 11.7. The van der Waals surface area contributed by atoms with Gasteiger partial charge in [0, 0.05) is 31.6 Å². The second-order valence-corrected chi connectivity index (χ2v) is 6.06. The van der Waals surface area contributed by atoms with Gasteiger partial charge in [0.1, 0.15) is 5.69 Å². The molecule has 1 aliphatic heterocycles. The maximum Gasteiger partial charge on any atom is 0.272 e. The highest BCUT2D eigenvalue weighted by molar-refractivity contribution is 5.95. The van der Waals surface area contributed by atoms with Crippen LogP contribution >= 0.6 is 0 Å². The summed E-state index contributed by atoms with van der Waals surface area (Å²) in [7, 11) is 0. The summed E-state index contributed by atoms with van der Waals surface area (Å²) < 4.78 is 0. The van der Waals surface area contributed by atoms with Crippen molar-refractivity contribution in [3.63, 3.8) is 0 Å². The van der Waals surface area contributed by atoms with E-state index in [1.165, 1.54) is 0 Å². The van der Waals surface area contributed by atoms with Crippen molar-refractivity contribution in [3.05, 3.63) is 42.1 Å². The fourth-order valence-corrected chi connectivity index (χ4v) is 3.06. The average Bonchev–Trinajstić information content (AvgIpc) is 2.65. The number of rotatable bonds is 4. The van der Waals surface area contributed by atoms with Gasteiger partial charge in [0.25, 0.3) is 5.91 Å². The maximum absolute atomic E-state index is 12.7. The zero-order valence-corrected chi connectivity index (χ0v) is 13.6. The highest BCUT2D eigenvalue weighted by Gasteiger charge is 2.29. The number of hydrogen-bond acceptors (Lipinski definition) is 4. The molecule has 126 valence electrons. The van der Waals surface area contributed by atoms with Crippen LogP contribution in [0.1, 0.15) is 23.3 Å². The molecule has 0 saturated carbocycles. The number of para-hydroxylation sites is 1. The number of carbonyl (C=O) groups excluding carboxylic acids is 2. The maximum atomic E-state index is 12.7. The third-order valence-corrected chi connectivity index (χ3v) is 4.34. The molecule has 0 spiro atoms. The van der Waals surface area contributed by atoms with Crippen LogP contribution in [0.15, 0.2) is 36.4 Å². The molecule has 6 nitrogen and oxygen atoms in total. The summed E-state index contributed by atoms with van der Waals surface area (Å²) in [5.74, 6) is -0.309. The van der Waals surface area contributed by atoms with E-state index in [1.807, 2.05) is 30.3 Å². The molecule has 2 heterocycles. The molecule has 24 heavy (non-hydrogen) atoms. The van der Waals surface area contributed by atoms with Crippen LogP contribution in [0.5, 0.6) is 0 Å². The first kappa shape index (κ1) is 16.4. The van der Waals surface area contributed by atoms with Crippen molar-refractivity contribution >= 4 is 22.7 Å². The van der Waals surface area contributed by atoms with Crippen molar-refractivity contribution in [1.29, 1.82) is 0 Å². The number of nitrogens with one attached hydrogen (secondary N) is 1. The number of likely N-dealkylation sites (tertiary alicyclic amines) is 1. The minimum absolute atomic E-state index is 0.0237. The van der Waals surface area contributed by atoms with Gasteiger partial charge in [-0.05, 0) is 25.0 Å². The Balaban J connectivity index is 1.72. The molecule has 1 aromatic carbocycles. The van der Waals surface area contributed by atoms with E-state index in [4.69, 9.17) is 5.73 Å². The van der Waals surface area contributed by atoms with Crippen molar-refractivity contribution in [1.82, 2.24) is 15.2 Å². The topological polar surface area (TPSA) is 88.3 Å². The van der Waals surface area contributed by atoms with E-state index in [2.05, 4.69) is 10.3 Å². The summed E-state index contributed by atoms with van der Waals surface area (Å²) in [6.45, 7) is 1.98. The smallest absolute Gasteiger partial charge is 0.272 e. The Morgan fingerprint density at radius 1 is 1.25 bits per heavy atom. The standard InChI is InChI=1S/C18H22N4O2/c19-9-10-20-17(23)14-5-3-11-22(12-14)18(24)16-8-7-13-4-1-2-6-15(13)21-16/h1-2,4,6-8,14H,3,5,9-12,19H2,(H,20,23). The van der Waals surface area contributed by atoms with Crippen LogP contribution in [-0.4, -0.2) is 47.9 Å². The van der Waals surface area contributed by atoms with Crippen molar-refractivity contribution in [2.24, 2.45) is 11.7 Å². The Bertz CT molecular complexity index is 747. The van der Waals surface area contributed by atoms with Gasteiger partial charge in [-0.1, -0.05) is 24.3 Å². The Kier molecular flexibility index (Phi) is 5.05. The van der Waals surface area contributed by atoms with Crippen LogP contribution in [0.25, 0.3) is 10.9 Å². The monoisotopic (exact) mass is 326 g/mol. The third kappa shape index (κ3) is 3.54. The molecule has 1 atom stereocenters. The Hall–Kier alpha value is -2.47. The summed E-state index contributed by atoms with van der Waals surface area (Å²) >= 11 is 0. The highest BCUT2D eigenvalue weighted by atomic mass is 16.2. The number of piperidine rings is 1. The quantitative estimate of drug-likeness (QED) is 0.882. The molecule has 1 fully saturated rings. The fraction of sp³-hybridized carbons (Fsp3) is 0.389. The van der Waals surface area contributed by atoms with Crippen molar-refractivity contribution in [2.75, 3.05) is 26.2 Å². The number of nitrogens with two attached hydrogens (primary N) is 1.